The van der Waals surface area contributed by atoms with E-state index in [1.165, 1.54) is 42.4 Å². The summed E-state index contributed by atoms with van der Waals surface area (Å²) in [5.41, 5.74) is 1.69. The van der Waals surface area contributed by atoms with Crippen molar-refractivity contribution in [2.75, 3.05) is 19.4 Å². The summed E-state index contributed by atoms with van der Waals surface area (Å²) >= 11 is 1.48. The summed E-state index contributed by atoms with van der Waals surface area (Å²) in [7, 11) is -0.494. The molecule has 0 bridgehead atoms. The number of nitrogens with one attached hydrogen (secondary N) is 1. The first kappa shape index (κ1) is 17.7. The Labute approximate surface area is 141 Å². The quantitative estimate of drug-likeness (QED) is 0.899. The summed E-state index contributed by atoms with van der Waals surface area (Å²) in [6, 6.07) is 8.04. The largest absolute Gasteiger partial charge is 0.321 e. The van der Waals surface area contributed by atoms with E-state index in [0.717, 1.165) is 16.3 Å². The fourth-order valence-corrected chi connectivity index (χ4v) is 4.01. The fraction of sp³-hybridized carbons (Fsp3) is 0.312. The molecule has 2 aromatic rings. The number of amides is 1. The van der Waals surface area contributed by atoms with Crippen molar-refractivity contribution >= 4 is 33.0 Å². The van der Waals surface area contributed by atoms with Crippen LogP contribution in [0.4, 0.5) is 5.69 Å². The number of rotatable bonds is 5. The van der Waals surface area contributed by atoms with Crippen molar-refractivity contribution in [2.24, 2.45) is 0 Å². The van der Waals surface area contributed by atoms with Crippen LogP contribution in [0.15, 0.2) is 35.2 Å². The van der Waals surface area contributed by atoms with E-state index in [1.54, 1.807) is 12.1 Å². The molecule has 1 aromatic carbocycles. The minimum Gasteiger partial charge on any atom is -0.321 e. The van der Waals surface area contributed by atoms with E-state index in [4.69, 9.17) is 0 Å². The molecular weight excluding hydrogens is 332 g/mol. The van der Waals surface area contributed by atoms with E-state index in [2.05, 4.69) is 12.2 Å². The van der Waals surface area contributed by atoms with Crippen molar-refractivity contribution in [1.29, 1.82) is 0 Å². The number of hydrogen-bond acceptors (Lipinski definition) is 4. The van der Waals surface area contributed by atoms with Crippen molar-refractivity contribution in [3.8, 4) is 0 Å². The molecule has 0 saturated carbocycles. The van der Waals surface area contributed by atoms with Gasteiger partial charge in [-0.05, 0) is 49.2 Å². The van der Waals surface area contributed by atoms with Crippen molar-refractivity contribution in [1.82, 2.24) is 4.31 Å². The number of aryl methyl sites for hydroxylation is 2. The second-order valence-electron chi connectivity index (χ2n) is 5.34. The summed E-state index contributed by atoms with van der Waals surface area (Å²) in [5.74, 6) is -0.180. The molecule has 2 rings (SSSR count). The molecule has 0 saturated heterocycles. The zero-order valence-electron chi connectivity index (χ0n) is 13.6. The van der Waals surface area contributed by atoms with Gasteiger partial charge >= 0.3 is 0 Å². The van der Waals surface area contributed by atoms with Crippen molar-refractivity contribution < 1.29 is 13.2 Å². The molecule has 1 heterocycles. The summed E-state index contributed by atoms with van der Waals surface area (Å²) in [6.07, 6.45) is 0.904. The molecule has 0 spiro atoms. The van der Waals surface area contributed by atoms with Crippen LogP contribution in [0.5, 0.6) is 0 Å². The summed E-state index contributed by atoms with van der Waals surface area (Å²) in [4.78, 5) is 14.3. The van der Waals surface area contributed by atoms with Crippen LogP contribution in [0.25, 0.3) is 0 Å². The van der Waals surface area contributed by atoms with Crippen molar-refractivity contribution in [3.05, 3.63) is 45.6 Å². The van der Waals surface area contributed by atoms with Crippen LogP contribution in [-0.4, -0.2) is 32.7 Å². The normalized spacial score (nSPS) is 11.7. The number of thiophene rings is 1. The van der Waals surface area contributed by atoms with E-state index in [0.29, 0.717) is 10.6 Å². The van der Waals surface area contributed by atoms with Crippen molar-refractivity contribution in [2.45, 2.75) is 25.2 Å². The van der Waals surface area contributed by atoms with Crippen molar-refractivity contribution in [3.63, 3.8) is 0 Å². The second kappa shape index (κ2) is 6.82. The third kappa shape index (κ3) is 3.80. The monoisotopic (exact) mass is 352 g/mol. The van der Waals surface area contributed by atoms with Gasteiger partial charge in [0.2, 0.25) is 10.0 Å². The van der Waals surface area contributed by atoms with Gasteiger partial charge in [0.15, 0.2) is 0 Å². The van der Waals surface area contributed by atoms with Gasteiger partial charge in [0, 0.05) is 24.7 Å². The Morgan fingerprint density at radius 1 is 1.22 bits per heavy atom. The minimum absolute atomic E-state index is 0.180. The van der Waals surface area contributed by atoms with Gasteiger partial charge < -0.3 is 5.32 Å². The number of nitrogens with zero attached hydrogens (tertiary/aromatic N) is 1. The highest BCUT2D eigenvalue weighted by molar-refractivity contribution is 7.89. The molecule has 5 nitrogen and oxygen atoms in total. The topological polar surface area (TPSA) is 66.5 Å². The Kier molecular flexibility index (Phi) is 5.23. The van der Waals surface area contributed by atoms with Crippen LogP contribution in [-0.2, 0) is 16.4 Å². The van der Waals surface area contributed by atoms with Gasteiger partial charge in [0.1, 0.15) is 0 Å². The Morgan fingerprint density at radius 3 is 2.30 bits per heavy atom. The maximum absolute atomic E-state index is 12.3. The van der Waals surface area contributed by atoms with E-state index in [9.17, 15) is 13.2 Å². The molecule has 1 aromatic heterocycles. The molecule has 124 valence electrons. The summed E-state index contributed by atoms with van der Waals surface area (Å²) in [5, 5.41) is 2.79. The second-order valence-corrected chi connectivity index (χ2v) is 8.62. The molecule has 0 fully saturated rings. The highest BCUT2D eigenvalue weighted by Crippen LogP contribution is 2.24. The van der Waals surface area contributed by atoms with Gasteiger partial charge in [-0.1, -0.05) is 6.92 Å². The standard InChI is InChI=1S/C16H20N2O3S2/c1-5-14-11(2)10-15(22-14)16(19)17-12-6-8-13(9-7-12)23(20,21)18(3)4/h6-10H,5H2,1-4H3,(H,17,19). The van der Waals surface area contributed by atoms with Gasteiger partial charge in [0.25, 0.3) is 5.91 Å². The Hall–Kier alpha value is -1.70. The fourth-order valence-electron chi connectivity index (χ4n) is 2.10. The Balaban J connectivity index is 2.16. The predicted octanol–water partition coefficient (Wildman–Crippen LogP) is 3.12. The number of carbonyl (C=O) groups excluding carboxylic acids is 1. The molecule has 0 aliphatic heterocycles. The molecule has 1 N–H and O–H groups in total. The first-order chi connectivity index (χ1) is 10.8. The lowest BCUT2D eigenvalue weighted by molar-refractivity contribution is 0.103. The highest BCUT2D eigenvalue weighted by atomic mass is 32.2. The summed E-state index contributed by atoms with van der Waals surface area (Å²) < 4.78 is 25.2. The molecule has 7 heteroatoms. The number of sulfonamides is 1. The van der Waals surface area contributed by atoms with Gasteiger partial charge in [-0.2, -0.15) is 0 Å². The molecular formula is C16H20N2O3S2. The van der Waals surface area contributed by atoms with Crippen LogP contribution in [0.3, 0.4) is 0 Å². The Bertz CT molecular complexity index is 806. The molecule has 1 amide bonds. The molecule has 0 unspecified atom stereocenters. The maximum atomic E-state index is 12.3. The first-order valence-corrected chi connectivity index (χ1v) is 9.44. The van der Waals surface area contributed by atoms with Gasteiger partial charge in [-0.25, -0.2) is 12.7 Å². The van der Waals surface area contributed by atoms with Crippen LogP contribution < -0.4 is 5.32 Å². The summed E-state index contributed by atoms with van der Waals surface area (Å²) in [6.45, 7) is 4.05. The highest BCUT2D eigenvalue weighted by Gasteiger charge is 2.17. The van der Waals surface area contributed by atoms with Crippen LogP contribution in [0.2, 0.25) is 0 Å². The lowest BCUT2D eigenvalue weighted by atomic mass is 10.2. The third-order valence-electron chi connectivity index (χ3n) is 3.46. The SMILES string of the molecule is CCc1sc(C(=O)Nc2ccc(S(=O)(=O)N(C)C)cc2)cc1C. The molecule has 0 aliphatic rings. The third-order valence-corrected chi connectivity index (χ3v) is 6.67. The average Bonchev–Trinajstić information content (AvgIpc) is 2.89. The molecule has 0 atom stereocenters. The number of carbonyl (C=O) groups is 1. The maximum Gasteiger partial charge on any atom is 0.265 e. The number of hydrogen-bond donors (Lipinski definition) is 1. The number of anilines is 1. The lowest BCUT2D eigenvalue weighted by Crippen LogP contribution is -2.22. The van der Waals surface area contributed by atoms with Gasteiger partial charge in [-0.15, -0.1) is 11.3 Å². The van der Waals surface area contributed by atoms with Crippen LogP contribution in [0, 0.1) is 6.92 Å². The van der Waals surface area contributed by atoms with E-state index in [-0.39, 0.29) is 10.8 Å². The van der Waals surface area contributed by atoms with E-state index < -0.39 is 10.0 Å². The van der Waals surface area contributed by atoms with E-state index in [1.807, 2.05) is 13.0 Å². The van der Waals surface area contributed by atoms with Gasteiger partial charge in [-0.3, -0.25) is 4.79 Å². The number of benzene rings is 1. The molecule has 23 heavy (non-hydrogen) atoms. The van der Waals surface area contributed by atoms with E-state index >= 15 is 0 Å². The Morgan fingerprint density at radius 2 is 1.83 bits per heavy atom. The van der Waals surface area contributed by atoms with Crippen LogP contribution in [0.1, 0.15) is 27.0 Å². The molecule has 0 aliphatic carbocycles. The zero-order chi connectivity index (χ0) is 17.2. The molecule has 0 radical (unpaired) electrons. The average molecular weight is 352 g/mol. The van der Waals surface area contributed by atoms with Gasteiger partial charge in [0.05, 0.1) is 9.77 Å². The lowest BCUT2D eigenvalue weighted by Gasteiger charge is -2.11. The van der Waals surface area contributed by atoms with Crippen LogP contribution >= 0.6 is 11.3 Å². The zero-order valence-corrected chi connectivity index (χ0v) is 15.2. The smallest absolute Gasteiger partial charge is 0.265 e. The minimum atomic E-state index is -3.46. The first-order valence-electron chi connectivity index (χ1n) is 7.19. The predicted molar refractivity (Wildman–Crippen MR) is 93.7 cm³/mol.